The molecule has 0 saturated heterocycles. The number of aromatic carboxylic acids is 1. The lowest BCUT2D eigenvalue weighted by Gasteiger charge is -2.13. The third kappa shape index (κ3) is 3.27. The van der Waals surface area contributed by atoms with Crippen LogP contribution in [0.15, 0.2) is 18.2 Å². The molecule has 0 aliphatic heterocycles. The van der Waals surface area contributed by atoms with Gasteiger partial charge in [-0.05, 0) is 18.6 Å². The van der Waals surface area contributed by atoms with E-state index in [1.807, 2.05) is 6.92 Å². The van der Waals surface area contributed by atoms with E-state index in [0.717, 1.165) is 6.07 Å². The molecule has 0 saturated carbocycles. The van der Waals surface area contributed by atoms with Crippen molar-refractivity contribution in [2.24, 2.45) is 5.73 Å². The summed E-state index contributed by atoms with van der Waals surface area (Å²) >= 11 is 0. The van der Waals surface area contributed by atoms with Gasteiger partial charge in [0.05, 0.1) is 17.3 Å². The number of nitrogens with two attached hydrogens (primary N) is 1. The lowest BCUT2D eigenvalue weighted by molar-refractivity contribution is -0.117. The minimum Gasteiger partial charge on any atom is -0.478 e. The van der Waals surface area contributed by atoms with Gasteiger partial charge in [-0.25, -0.2) is 9.18 Å². The topological polar surface area (TPSA) is 92.4 Å². The number of para-hydroxylation sites is 1. The van der Waals surface area contributed by atoms with Crippen LogP contribution >= 0.6 is 0 Å². The highest BCUT2D eigenvalue weighted by Crippen LogP contribution is 2.20. The molecule has 0 heterocycles. The maximum Gasteiger partial charge on any atom is 0.337 e. The van der Waals surface area contributed by atoms with Gasteiger partial charge < -0.3 is 16.2 Å². The summed E-state index contributed by atoms with van der Waals surface area (Å²) in [6, 6.07) is 2.77. The van der Waals surface area contributed by atoms with E-state index in [1.54, 1.807) is 0 Å². The molecule has 0 radical (unpaired) electrons. The highest BCUT2D eigenvalue weighted by Gasteiger charge is 2.19. The molecule has 0 aliphatic carbocycles. The van der Waals surface area contributed by atoms with E-state index >= 15 is 0 Å². The van der Waals surface area contributed by atoms with Crippen molar-refractivity contribution in [1.82, 2.24) is 0 Å². The minimum absolute atomic E-state index is 0.299. The van der Waals surface area contributed by atoms with Crippen LogP contribution in [0.3, 0.4) is 0 Å². The summed E-state index contributed by atoms with van der Waals surface area (Å²) in [6.07, 6.45) is 1.15. The maximum atomic E-state index is 13.5. The molecule has 0 spiro atoms. The number of carbonyl (C=O) groups is 2. The molecule has 18 heavy (non-hydrogen) atoms. The molecule has 1 amide bonds. The van der Waals surface area contributed by atoms with E-state index in [0.29, 0.717) is 12.8 Å². The lowest BCUT2D eigenvalue weighted by atomic mass is 10.1. The Morgan fingerprint density at radius 1 is 1.50 bits per heavy atom. The number of hydrogen-bond acceptors (Lipinski definition) is 3. The second kappa shape index (κ2) is 6.11. The van der Waals surface area contributed by atoms with Crippen LogP contribution in [-0.2, 0) is 4.79 Å². The van der Waals surface area contributed by atoms with Crippen molar-refractivity contribution >= 4 is 17.6 Å². The minimum atomic E-state index is -1.31. The van der Waals surface area contributed by atoms with Crippen LogP contribution in [0.4, 0.5) is 10.1 Å². The van der Waals surface area contributed by atoms with E-state index < -0.39 is 23.7 Å². The Kier molecular flexibility index (Phi) is 4.79. The molecule has 98 valence electrons. The molecule has 1 rings (SSSR count). The summed E-state index contributed by atoms with van der Waals surface area (Å²) in [5.74, 6) is -2.70. The Hall–Kier alpha value is -1.95. The van der Waals surface area contributed by atoms with E-state index in [-0.39, 0.29) is 11.3 Å². The van der Waals surface area contributed by atoms with Crippen LogP contribution in [0.1, 0.15) is 30.1 Å². The molecule has 1 aromatic rings. The Labute approximate surface area is 104 Å². The molecular formula is C12H15FN2O3. The first-order valence-electron chi connectivity index (χ1n) is 5.55. The predicted octanol–water partition coefficient (Wildman–Crippen LogP) is 1.59. The van der Waals surface area contributed by atoms with Crippen LogP contribution in [0, 0.1) is 5.82 Å². The van der Waals surface area contributed by atoms with Crippen LogP contribution < -0.4 is 11.1 Å². The summed E-state index contributed by atoms with van der Waals surface area (Å²) in [6.45, 7) is 1.86. The van der Waals surface area contributed by atoms with E-state index in [2.05, 4.69) is 5.32 Å². The summed E-state index contributed by atoms with van der Waals surface area (Å²) < 4.78 is 13.5. The third-order valence-corrected chi connectivity index (χ3v) is 2.43. The predicted molar refractivity (Wildman–Crippen MR) is 64.9 cm³/mol. The van der Waals surface area contributed by atoms with Crippen molar-refractivity contribution in [2.75, 3.05) is 5.32 Å². The molecule has 0 aromatic heterocycles. The third-order valence-electron chi connectivity index (χ3n) is 2.43. The van der Waals surface area contributed by atoms with Crippen LogP contribution in [-0.4, -0.2) is 23.0 Å². The van der Waals surface area contributed by atoms with Gasteiger partial charge in [0.25, 0.3) is 0 Å². The maximum absolute atomic E-state index is 13.5. The summed E-state index contributed by atoms with van der Waals surface area (Å²) in [7, 11) is 0. The first kappa shape index (κ1) is 14.1. The molecule has 0 unspecified atom stereocenters. The van der Waals surface area contributed by atoms with Gasteiger partial charge in [-0.3, -0.25) is 4.79 Å². The second-order valence-electron chi connectivity index (χ2n) is 3.85. The fourth-order valence-corrected chi connectivity index (χ4v) is 1.49. The summed E-state index contributed by atoms with van der Waals surface area (Å²) in [4.78, 5) is 22.5. The summed E-state index contributed by atoms with van der Waals surface area (Å²) in [5, 5.41) is 11.1. The van der Waals surface area contributed by atoms with Crippen molar-refractivity contribution in [3.8, 4) is 0 Å². The van der Waals surface area contributed by atoms with Gasteiger partial charge >= 0.3 is 5.97 Å². The number of hydrogen-bond donors (Lipinski definition) is 3. The number of carbonyl (C=O) groups excluding carboxylic acids is 1. The van der Waals surface area contributed by atoms with Crippen LogP contribution in [0.2, 0.25) is 0 Å². The average Bonchev–Trinajstić information content (AvgIpc) is 2.31. The zero-order valence-electron chi connectivity index (χ0n) is 9.94. The first-order chi connectivity index (χ1) is 8.47. The Bertz CT molecular complexity index is 463. The number of rotatable bonds is 5. The molecule has 1 atom stereocenters. The smallest absolute Gasteiger partial charge is 0.337 e. The Morgan fingerprint density at radius 3 is 2.72 bits per heavy atom. The summed E-state index contributed by atoms with van der Waals surface area (Å²) in [5.41, 5.74) is 4.93. The van der Waals surface area contributed by atoms with Crippen LogP contribution in [0.25, 0.3) is 0 Å². The van der Waals surface area contributed by atoms with Crippen molar-refractivity contribution in [1.29, 1.82) is 0 Å². The zero-order valence-corrected chi connectivity index (χ0v) is 9.94. The number of amides is 1. The fraction of sp³-hybridized carbons (Fsp3) is 0.333. The van der Waals surface area contributed by atoms with Gasteiger partial charge in [0, 0.05) is 0 Å². The van der Waals surface area contributed by atoms with E-state index in [1.165, 1.54) is 12.1 Å². The SMILES string of the molecule is CCC[C@H](N)C(=O)Nc1c(F)cccc1C(=O)O. The average molecular weight is 254 g/mol. The number of anilines is 1. The molecule has 6 heteroatoms. The lowest BCUT2D eigenvalue weighted by Crippen LogP contribution is -2.36. The van der Waals surface area contributed by atoms with Gasteiger partial charge in [0.15, 0.2) is 0 Å². The highest BCUT2D eigenvalue weighted by molar-refractivity contribution is 6.02. The molecule has 0 aliphatic rings. The van der Waals surface area contributed by atoms with E-state index in [4.69, 9.17) is 10.8 Å². The Morgan fingerprint density at radius 2 is 2.17 bits per heavy atom. The Balaban J connectivity index is 2.96. The molecule has 0 fully saturated rings. The van der Waals surface area contributed by atoms with Crippen molar-refractivity contribution in [2.45, 2.75) is 25.8 Å². The van der Waals surface area contributed by atoms with Crippen LogP contribution in [0.5, 0.6) is 0 Å². The van der Waals surface area contributed by atoms with Gasteiger partial charge in [-0.2, -0.15) is 0 Å². The number of carboxylic acid groups (broad SMARTS) is 1. The molecule has 5 nitrogen and oxygen atoms in total. The second-order valence-corrected chi connectivity index (χ2v) is 3.85. The van der Waals surface area contributed by atoms with Gasteiger partial charge in [-0.15, -0.1) is 0 Å². The number of nitrogens with one attached hydrogen (secondary N) is 1. The largest absolute Gasteiger partial charge is 0.478 e. The van der Waals surface area contributed by atoms with Crippen molar-refractivity contribution < 1.29 is 19.1 Å². The monoisotopic (exact) mass is 254 g/mol. The molecule has 0 bridgehead atoms. The number of halogens is 1. The molecule has 1 aromatic carbocycles. The van der Waals surface area contributed by atoms with E-state index in [9.17, 15) is 14.0 Å². The van der Waals surface area contributed by atoms with Gasteiger partial charge in [0.2, 0.25) is 5.91 Å². The normalized spacial score (nSPS) is 11.9. The number of benzene rings is 1. The van der Waals surface area contributed by atoms with Crippen molar-refractivity contribution in [3.63, 3.8) is 0 Å². The quantitative estimate of drug-likeness (QED) is 0.744. The van der Waals surface area contributed by atoms with Gasteiger partial charge in [0.1, 0.15) is 5.82 Å². The first-order valence-corrected chi connectivity index (χ1v) is 5.55. The zero-order chi connectivity index (χ0) is 13.7. The van der Waals surface area contributed by atoms with Gasteiger partial charge in [-0.1, -0.05) is 19.4 Å². The van der Waals surface area contributed by atoms with Crippen molar-refractivity contribution in [3.05, 3.63) is 29.6 Å². The standard InChI is InChI=1S/C12H15FN2O3/c1-2-4-9(14)11(16)15-10-7(12(17)18)5-3-6-8(10)13/h3,5-6,9H,2,4,14H2,1H3,(H,15,16)(H,17,18)/t9-/m0/s1. The molecule has 4 N–H and O–H groups in total. The number of carboxylic acids is 1. The molecular weight excluding hydrogens is 239 g/mol. The fourth-order valence-electron chi connectivity index (χ4n) is 1.49. The highest BCUT2D eigenvalue weighted by atomic mass is 19.1.